The van der Waals surface area contributed by atoms with Gasteiger partial charge in [0.05, 0.1) is 6.61 Å². The topological polar surface area (TPSA) is 29.5 Å². The lowest BCUT2D eigenvalue weighted by Gasteiger charge is -2.28. The highest BCUT2D eigenvalue weighted by Crippen LogP contribution is 2.19. The molecule has 0 atom stereocenters. The molecule has 1 aromatic rings. The smallest absolute Gasteiger partial charge is 0.410 e. The molecular weight excluding hydrogens is 254 g/mol. The predicted molar refractivity (Wildman–Crippen MR) is 80.1 cm³/mol. The number of carbonyl (C=O) groups is 1. The Morgan fingerprint density at radius 1 is 1.26 bits per heavy atom. The van der Waals surface area contributed by atoms with E-state index in [0.717, 1.165) is 19.0 Å². The Labute approximate surface area is 116 Å². The van der Waals surface area contributed by atoms with Gasteiger partial charge in [-0.1, -0.05) is 43.9 Å². The molecule has 0 N–H and O–H groups in total. The van der Waals surface area contributed by atoms with Crippen LogP contribution < -0.4 is 0 Å². The molecule has 2 rings (SSSR count). The van der Waals surface area contributed by atoms with E-state index in [0.29, 0.717) is 13.2 Å². The summed E-state index contributed by atoms with van der Waals surface area (Å²) in [5.41, 5.74) is 2.60. The summed E-state index contributed by atoms with van der Waals surface area (Å²) in [6.45, 7) is 8.88. The molecule has 4 heteroatoms. The van der Waals surface area contributed by atoms with Gasteiger partial charge in [-0.15, -0.1) is 0 Å². The summed E-state index contributed by atoms with van der Waals surface area (Å²) in [5, 5.41) is 0. The number of carbonyl (C=O) groups excluding carboxylic acids is 1. The summed E-state index contributed by atoms with van der Waals surface area (Å²) in [6, 6.07) is 9.35. The third kappa shape index (κ3) is 4.09. The monoisotopic (exact) mass is 277 g/mol. The molecule has 0 saturated heterocycles. The molecule has 1 aliphatic rings. The van der Waals surface area contributed by atoms with Crippen molar-refractivity contribution in [1.82, 2.24) is 4.90 Å². The van der Waals surface area contributed by atoms with Crippen LogP contribution >= 0.6 is 0 Å². The molecule has 104 valence electrons. The van der Waals surface area contributed by atoms with E-state index in [2.05, 4.69) is 37.8 Å². The molecule has 0 unspecified atom stereocenters. The average molecular weight is 277 g/mol. The normalized spacial score (nSPS) is 15.0. The molecule has 0 saturated carbocycles. The molecular formula is C15H23NO2Si. The Bertz CT molecular complexity index is 454. The van der Waals surface area contributed by atoms with Crippen molar-refractivity contribution in [2.45, 2.75) is 38.7 Å². The summed E-state index contributed by atoms with van der Waals surface area (Å²) in [6.07, 6.45) is 0.770. The van der Waals surface area contributed by atoms with Crippen molar-refractivity contribution in [2.24, 2.45) is 0 Å². The van der Waals surface area contributed by atoms with Gasteiger partial charge in [0.1, 0.15) is 0 Å². The number of amides is 1. The van der Waals surface area contributed by atoms with Gasteiger partial charge in [-0.05, 0) is 23.6 Å². The number of benzene rings is 1. The summed E-state index contributed by atoms with van der Waals surface area (Å²) in [7, 11) is -1.13. The zero-order chi connectivity index (χ0) is 13.9. The highest BCUT2D eigenvalue weighted by molar-refractivity contribution is 6.76. The molecule has 1 amide bonds. The van der Waals surface area contributed by atoms with Crippen LogP contribution in [0.4, 0.5) is 4.79 Å². The first-order valence-corrected chi connectivity index (χ1v) is 10.6. The Hall–Kier alpha value is -1.29. The number of nitrogens with zero attached hydrogens (tertiary/aromatic N) is 1. The van der Waals surface area contributed by atoms with Crippen LogP contribution in [0.2, 0.25) is 25.7 Å². The fraction of sp³-hybridized carbons (Fsp3) is 0.533. The SMILES string of the molecule is C[Si](C)(C)CCOC(=O)N1CCc2ccccc2C1. The largest absolute Gasteiger partial charge is 0.450 e. The number of ether oxygens (including phenoxy) is 1. The molecule has 1 heterocycles. The van der Waals surface area contributed by atoms with Crippen LogP contribution in [0.15, 0.2) is 24.3 Å². The summed E-state index contributed by atoms with van der Waals surface area (Å²) in [4.78, 5) is 13.8. The van der Waals surface area contributed by atoms with Crippen LogP contribution in [0.3, 0.4) is 0 Å². The summed E-state index contributed by atoms with van der Waals surface area (Å²) < 4.78 is 5.39. The van der Waals surface area contributed by atoms with Crippen molar-refractivity contribution in [2.75, 3.05) is 13.2 Å². The second-order valence-corrected chi connectivity index (χ2v) is 12.0. The third-order valence-electron chi connectivity index (χ3n) is 3.47. The van der Waals surface area contributed by atoms with E-state index in [1.807, 2.05) is 11.0 Å². The fourth-order valence-electron chi connectivity index (χ4n) is 2.19. The average Bonchev–Trinajstić information content (AvgIpc) is 2.36. The highest BCUT2D eigenvalue weighted by atomic mass is 28.3. The van der Waals surface area contributed by atoms with Crippen LogP contribution in [0.5, 0.6) is 0 Å². The van der Waals surface area contributed by atoms with Crippen molar-refractivity contribution in [3.63, 3.8) is 0 Å². The lowest BCUT2D eigenvalue weighted by atomic mass is 10.0. The van der Waals surface area contributed by atoms with Crippen molar-refractivity contribution in [3.8, 4) is 0 Å². The van der Waals surface area contributed by atoms with Crippen molar-refractivity contribution in [1.29, 1.82) is 0 Å². The van der Waals surface area contributed by atoms with Gasteiger partial charge in [-0.2, -0.15) is 0 Å². The van der Waals surface area contributed by atoms with E-state index in [9.17, 15) is 4.79 Å². The van der Waals surface area contributed by atoms with Gasteiger partial charge in [0.2, 0.25) is 0 Å². The zero-order valence-electron chi connectivity index (χ0n) is 12.1. The zero-order valence-corrected chi connectivity index (χ0v) is 13.1. The minimum Gasteiger partial charge on any atom is -0.450 e. The minimum absolute atomic E-state index is 0.159. The van der Waals surface area contributed by atoms with Crippen LogP contribution in [-0.4, -0.2) is 32.2 Å². The van der Waals surface area contributed by atoms with Crippen molar-refractivity contribution < 1.29 is 9.53 Å². The van der Waals surface area contributed by atoms with E-state index < -0.39 is 8.07 Å². The van der Waals surface area contributed by atoms with E-state index in [1.165, 1.54) is 11.1 Å². The van der Waals surface area contributed by atoms with Crippen LogP contribution in [-0.2, 0) is 17.7 Å². The number of rotatable bonds is 3. The molecule has 1 aliphatic heterocycles. The molecule has 3 nitrogen and oxygen atoms in total. The molecule has 0 radical (unpaired) electrons. The van der Waals surface area contributed by atoms with Crippen molar-refractivity contribution >= 4 is 14.2 Å². The maximum atomic E-state index is 12.0. The Kier molecular flexibility index (Phi) is 4.30. The molecule has 0 fully saturated rings. The summed E-state index contributed by atoms with van der Waals surface area (Å²) in [5.74, 6) is 0. The standard InChI is InChI=1S/C15H23NO2Si/c1-19(2,3)11-10-18-15(17)16-9-8-13-6-4-5-7-14(13)12-16/h4-7H,8-12H2,1-3H3. The highest BCUT2D eigenvalue weighted by Gasteiger charge is 2.22. The van der Waals surface area contributed by atoms with E-state index in [-0.39, 0.29) is 6.09 Å². The lowest BCUT2D eigenvalue weighted by molar-refractivity contribution is 0.102. The van der Waals surface area contributed by atoms with Crippen LogP contribution in [0, 0.1) is 0 Å². The number of hydrogen-bond acceptors (Lipinski definition) is 2. The molecule has 1 aromatic carbocycles. The maximum absolute atomic E-state index is 12.0. The van der Waals surface area contributed by atoms with E-state index >= 15 is 0 Å². The first kappa shape index (κ1) is 14.1. The van der Waals surface area contributed by atoms with Gasteiger partial charge >= 0.3 is 6.09 Å². The first-order chi connectivity index (χ1) is 8.96. The van der Waals surface area contributed by atoms with Gasteiger partial charge in [0, 0.05) is 21.2 Å². The van der Waals surface area contributed by atoms with E-state index in [1.54, 1.807) is 0 Å². The Balaban J connectivity index is 1.85. The molecule has 0 aliphatic carbocycles. The Morgan fingerprint density at radius 3 is 2.63 bits per heavy atom. The second kappa shape index (κ2) is 5.78. The third-order valence-corrected chi connectivity index (χ3v) is 5.17. The maximum Gasteiger partial charge on any atom is 0.410 e. The minimum atomic E-state index is -1.13. The predicted octanol–water partition coefficient (Wildman–Crippen LogP) is 3.52. The second-order valence-electron chi connectivity index (χ2n) is 6.37. The van der Waals surface area contributed by atoms with Crippen LogP contribution in [0.25, 0.3) is 0 Å². The fourth-order valence-corrected chi connectivity index (χ4v) is 2.90. The number of fused-ring (bicyclic) bond motifs is 1. The van der Waals surface area contributed by atoms with Gasteiger partial charge in [0.15, 0.2) is 0 Å². The van der Waals surface area contributed by atoms with Gasteiger partial charge < -0.3 is 9.64 Å². The lowest BCUT2D eigenvalue weighted by Crippen LogP contribution is -2.37. The summed E-state index contributed by atoms with van der Waals surface area (Å²) >= 11 is 0. The first-order valence-electron chi connectivity index (χ1n) is 6.94. The van der Waals surface area contributed by atoms with Gasteiger partial charge in [-0.25, -0.2) is 4.79 Å². The number of hydrogen-bond donors (Lipinski definition) is 0. The van der Waals surface area contributed by atoms with Gasteiger partial charge in [0.25, 0.3) is 0 Å². The quantitative estimate of drug-likeness (QED) is 0.791. The Morgan fingerprint density at radius 2 is 1.95 bits per heavy atom. The molecule has 0 aromatic heterocycles. The van der Waals surface area contributed by atoms with E-state index in [4.69, 9.17) is 4.74 Å². The molecule has 0 spiro atoms. The molecule has 19 heavy (non-hydrogen) atoms. The van der Waals surface area contributed by atoms with Crippen molar-refractivity contribution in [3.05, 3.63) is 35.4 Å². The molecule has 0 bridgehead atoms. The van der Waals surface area contributed by atoms with Gasteiger partial charge in [-0.3, -0.25) is 0 Å². The van der Waals surface area contributed by atoms with Crippen LogP contribution in [0.1, 0.15) is 11.1 Å².